The third-order valence-electron chi connectivity index (χ3n) is 4.74. The average Bonchev–Trinajstić information content (AvgIpc) is 3.06. The van der Waals surface area contributed by atoms with Gasteiger partial charge in [0.1, 0.15) is 0 Å². The number of halogens is 1. The number of rotatable bonds is 2. The van der Waals surface area contributed by atoms with Crippen LogP contribution in [0.4, 0.5) is 5.13 Å². The maximum atomic E-state index is 12.7. The van der Waals surface area contributed by atoms with Crippen molar-refractivity contribution >= 4 is 48.5 Å². The predicted molar refractivity (Wildman–Crippen MR) is 111 cm³/mol. The first kappa shape index (κ1) is 17.5. The zero-order valence-electron chi connectivity index (χ0n) is 14.8. The normalized spacial score (nSPS) is 14.9. The fraction of sp³-hybridized carbons (Fsp3) is 0.300. The van der Waals surface area contributed by atoms with E-state index >= 15 is 0 Å². The second-order valence-electron chi connectivity index (χ2n) is 6.71. The number of piperazine rings is 1. The number of anilines is 1. The Morgan fingerprint density at radius 2 is 1.77 bits per heavy atom. The number of carbonyl (C=O) groups is 1. The molecule has 6 heteroatoms. The molecule has 134 valence electrons. The van der Waals surface area contributed by atoms with E-state index in [-0.39, 0.29) is 5.91 Å². The molecular weight excluding hydrogens is 410 g/mol. The molecule has 1 saturated heterocycles. The van der Waals surface area contributed by atoms with E-state index < -0.39 is 0 Å². The number of fused-ring (bicyclic) bond motifs is 1. The summed E-state index contributed by atoms with van der Waals surface area (Å²) in [6.45, 7) is 7.34. The van der Waals surface area contributed by atoms with Crippen LogP contribution in [0.25, 0.3) is 10.2 Å². The highest BCUT2D eigenvalue weighted by molar-refractivity contribution is 9.10. The summed E-state index contributed by atoms with van der Waals surface area (Å²) in [7, 11) is 0. The van der Waals surface area contributed by atoms with Gasteiger partial charge in [-0.15, -0.1) is 0 Å². The van der Waals surface area contributed by atoms with Gasteiger partial charge in [-0.05, 0) is 55.3 Å². The lowest BCUT2D eigenvalue weighted by atomic mass is 10.1. The number of aryl methyl sites for hydroxylation is 2. The highest BCUT2D eigenvalue weighted by atomic mass is 79.9. The molecular formula is C20H20BrN3OS. The van der Waals surface area contributed by atoms with E-state index in [4.69, 9.17) is 4.98 Å². The Balaban J connectivity index is 1.47. The minimum Gasteiger partial charge on any atom is -0.345 e. The van der Waals surface area contributed by atoms with Crippen LogP contribution in [-0.2, 0) is 0 Å². The molecule has 26 heavy (non-hydrogen) atoms. The van der Waals surface area contributed by atoms with E-state index in [9.17, 15) is 4.79 Å². The Labute approximate surface area is 165 Å². The van der Waals surface area contributed by atoms with Gasteiger partial charge >= 0.3 is 0 Å². The van der Waals surface area contributed by atoms with Crippen molar-refractivity contribution in [3.8, 4) is 0 Å². The van der Waals surface area contributed by atoms with Crippen molar-refractivity contribution in [1.82, 2.24) is 9.88 Å². The Morgan fingerprint density at radius 1 is 1.08 bits per heavy atom. The molecule has 0 saturated carbocycles. The van der Waals surface area contributed by atoms with Gasteiger partial charge in [0.25, 0.3) is 5.91 Å². The van der Waals surface area contributed by atoms with Gasteiger partial charge < -0.3 is 9.80 Å². The maximum Gasteiger partial charge on any atom is 0.253 e. The summed E-state index contributed by atoms with van der Waals surface area (Å²) in [6.07, 6.45) is 0. The topological polar surface area (TPSA) is 36.4 Å². The largest absolute Gasteiger partial charge is 0.345 e. The summed E-state index contributed by atoms with van der Waals surface area (Å²) in [5.41, 5.74) is 4.35. The molecule has 4 rings (SSSR count). The summed E-state index contributed by atoms with van der Waals surface area (Å²) in [6, 6.07) is 11.9. The molecule has 1 aliphatic heterocycles. The minimum absolute atomic E-state index is 0.105. The lowest BCUT2D eigenvalue weighted by Gasteiger charge is -2.34. The van der Waals surface area contributed by atoms with Crippen LogP contribution in [0.2, 0.25) is 0 Å². The first-order valence-corrected chi connectivity index (χ1v) is 10.3. The minimum atomic E-state index is 0.105. The van der Waals surface area contributed by atoms with Crippen LogP contribution in [0.3, 0.4) is 0 Å². The number of thiazole rings is 1. The molecule has 4 nitrogen and oxygen atoms in total. The number of hydrogen-bond acceptors (Lipinski definition) is 4. The van der Waals surface area contributed by atoms with Gasteiger partial charge in [-0.1, -0.05) is 33.3 Å². The van der Waals surface area contributed by atoms with Crippen molar-refractivity contribution in [3.63, 3.8) is 0 Å². The van der Waals surface area contributed by atoms with Crippen molar-refractivity contribution in [2.75, 3.05) is 31.1 Å². The van der Waals surface area contributed by atoms with Crippen LogP contribution < -0.4 is 4.90 Å². The van der Waals surface area contributed by atoms with Gasteiger partial charge in [0.15, 0.2) is 5.13 Å². The van der Waals surface area contributed by atoms with E-state index in [2.05, 4.69) is 46.8 Å². The summed E-state index contributed by atoms with van der Waals surface area (Å²) >= 11 is 5.16. The molecule has 1 amide bonds. The van der Waals surface area contributed by atoms with Gasteiger partial charge in [0.2, 0.25) is 0 Å². The maximum absolute atomic E-state index is 12.7. The van der Waals surface area contributed by atoms with E-state index in [0.29, 0.717) is 0 Å². The average molecular weight is 430 g/mol. The molecule has 3 aromatic rings. The smallest absolute Gasteiger partial charge is 0.253 e. The number of hydrogen-bond donors (Lipinski definition) is 0. The monoisotopic (exact) mass is 429 g/mol. The highest BCUT2D eigenvalue weighted by Crippen LogP contribution is 2.32. The molecule has 1 aromatic heterocycles. The highest BCUT2D eigenvalue weighted by Gasteiger charge is 2.24. The molecule has 0 atom stereocenters. The summed E-state index contributed by atoms with van der Waals surface area (Å²) in [5.74, 6) is 0.105. The van der Waals surface area contributed by atoms with Crippen LogP contribution in [0.5, 0.6) is 0 Å². The first-order valence-electron chi connectivity index (χ1n) is 8.69. The molecule has 0 spiro atoms. The van der Waals surface area contributed by atoms with E-state index in [0.717, 1.165) is 46.9 Å². The summed E-state index contributed by atoms with van der Waals surface area (Å²) in [5, 5.41) is 1.06. The fourth-order valence-electron chi connectivity index (χ4n) is 3.38. The number of nitrogens with zero attached hydrogens (tertiary/aromatic N) is 3. The molecule has 2 aromatic carbocycles. The van der Waals surface area contributed by atoms with Gasteiger partial charge in [0.05, 0.1) is 10.2 Å². The third-order valence-corrected chi connectivity index (χ3v) is 6.53. The summed E-state index contributed by atoms with van der Waals surface area (Å²) in [4.78, 5) is 21.7. The Morgan fingerprint density at radius 3 is 2.46 bits per heavy atom. The number of benzene rings is 2. The quantitative estimate of drug-likeness (QED) is 0.595. The van der Waals surface area contributed by atoms with Crippen LogP contribution in [0, 0.1) is 13.8 Å². The number of carbonyl (C=O) groups excluding carboxylic acids is 1. The standard InChI is InChI=1S/C20H20BrN3OS/c1-13-11-14(2)18-17(12-13)22-20(26-18)24-9-7-23(8-10-24)19(25)15-3-5-16(21)6-4-15/h3-6,11-12H,7-10H2,1-2H3. The summed E-state index contributed by atoms with van der Waals surface area (Å²) < 4.78 is 2.25. The van der Waals surface area contributed by atoms with Crippen LogP contribution in [-0.4, -0.2) is 42.0 Å². The Kier molecular flexibility index (Phi) is 4.71. The van der Waals surface area contributed by atoms with Crippen LogP contribution >= 0.6 is 27.3 Å². The zero-order chi connectivity index (χ0) is 18.3. The lowest BCUT2D eigenvalue weighted by molar-refractivity contribution is 0.0747. The molecule has 2 heterocycles. The van der Waals surface area contributed by atoms with E-state index in [1.807, 2.05) is 29.2 Å². The van der Waals surface area contributed by atoms with Crippen molar-refractivity contribution in [3.05, 3.63) is 57.6 Å². The van der Waals surface area contributed by atoms with Gasteiger partial charge in [-0.3, -0.25) is 4.79 Å². The molecule has 1 fully saturated rings. The number of aromatic nitrogens is 1. The van der Waals surface area contributed by atoms with E-state index in [1.54, 1.807) is 11.3 Å². The Hall–Kier alpha value is -1.92. The van der Waals surface area contributed by atoms with Crippen LogP contribution in [0.15, 0.2) is 40.9 Å². The Bertz CT molecular complexity index is 959. The van der Waals surface area contributed by atoms with Gasteiger partial charge in [0, 0.05) is 36.2 Å². The fourth-order valence-corrected chi connectivity index (χ4v) is 4.71. The first-order chi connectivity index (χ1) is 12.5. The van der Waals surface area contributed by atoms with Crippen LogP contribution in [0.1, 0.15) is 21.5 Å². The second kappa shape index (κ2) is 7.00. The van der Waals surface area contributed by atoms with Gasteiger partial charge in [-0.25, -0.2) is 4.98 Å². The van der Waals surface area contributed by atoms with Crippen molar-refractivity contribution in [2.24, 2.45) is 0 Å². The van der Waals surface area contributed by atoms with Gasteiger partial charge in [-0.2, -0.15) is 0 Å². The SMILES string of the molecule is Cc1cc(C)c2sc(N3CCN(C(=O)c4ccc(Br)cc4)CC3)nc2c1. The van der Waals surface area contributed by atoms with E-state index in [1.165, 1.54) is 15.8 Å². The van der Waals surface area contributed by atoms with Crippen molar-refractivity contribution < 1.29 is 4.79 Å². The molecule has 0 aliphatic carbocycles. The second-order valence-corrected chi connectivity index (χ2v) is 8.61. The zero-order valence-corrected chi connectivity index (χ0v) is 17.2. The predicted octanol–water partition coefficient (Wildman–Crippen LogP) is 4.64. The third kappa shape index (κ3) is 3.35. The molecule has 0 bridgehead atoms. The molecule has 1 aliphatic rings. The molecule has 0 radical (unpaired) electrons. The van der Waals surface area contributed by atoms with Crippen molar-refractivity contribution in [1.29, 1.82) is 0 Å². The number of amides is 1. The van der Waals surface area contributed by atoms with Crippen molar-refractivity contribution in [2.45, 2.75) is 13.8 Å². The molecule has 0 unspecified atom stereocenters. The lowest BCUT2D eigenvalue weighted by Crippen LogP contribution is -2.48. The molecule has 0 N–H and O–H groups in total.